The fraction of sp³-hybridized carbons (Fsp3) is 0.778. The van der Waals surface area contributed by atoms with Crippen LogP contribution in [0.5, 0.6) is 0 Å². The Bertz CT molecular complexity index is 209. The normalized spacial score (nSPS) is 9.80. The lowest BCUT2D eigenvalue weighted by molar-refractivity contribution is -0.138. The fourth-order valence-corrected chi connectivity index (χ4v) is 0.910. The maximum Gasteiger partial charge on any atom is 0.248 e. The summed E-state index contributed by atoms with van der Waals surface area (Å²) in [5.41, 5.74) is 5.20. The van der Waals surface area contributed by atoms with E-state index in [1.165, 1.54) is 4.90 Å². The molecule has 0 heterocycles. The summed E-state index contributed by atoms with van der Waals surface area (Å²) in [6.45, 7) is 3.13. The number of nitrogens with one attached hydrogen (secondary N) is 1. The van der Waals surface area contributed by atoms with Gasteiger partial charge < -0.3 is 20.7 Å². The van der Waals surface area contributed by atoms with E-state index < -0.39 is 0 Å². The highest BCUT2D eigenvalue weighted by Crippen LogP contribution is 1.86. The maximum atomic E-state index is 11.3. The minimum atomic E-state index is -0.227. The molecule has 0 saturated carbocycles. The van der Waals surface area contributed by atoms with Gasteiger partial charge in [0.25, 0.3) is 0 Å². The number of rotatable bonds is 7. The molecule has 0 saturated heterocycles. The average Bonchev–Trinajstić information content (AvgIpc) is 2.18. The van der Waals surface area contributed by atoms with Crippen LogP contribution in [0.1, 0.15) is 6.92 Å². The summed E-state index contributed by atoms with van der Waals surface area (Å²) in [6, 6.07) is 0. The Balaban J connectivity index is 3.73. The molecule has 6 heteroatoms. The second-order valence-electron chi connectivity index (χ2n) is 3.04. The zero-order valence-corrected chi connectivity index (χ0v) is 9.28. The summed E-state index contributed by atoms with van der Waals surface area (Å²) in [5.74, 6) is -0.401. The fourth-order valence-electron chi connectivity index (χ4n) is 0.910. The van der Waals surface area contributed by atoms with Crippen molar-refractivity contribution in [2.75, 3.05) is 39.9 Å². The molecule has 0 bridgehead atoms. The average molecular weight is 217 g/mol. The quantitative estimate of drug-likeness (QED) is 0.511. The van der Waals surface area contributed by atoms with Gasteiger partial charge in [0.2, 0.25) is 11.8 Å². The first kappa shape index (κ1) is 13.9. The second kappa shape index (κ2) is 8.19. The topological polar surface area (TPSA) is 84.7 Å². The van der Waals surface area contributed by atoms with Gasteiger partial charge in [0.1, 0.15) is 6.61 Å². The summed E-state index contributed by atoms with van der Waals surface area (Å²) < 4.78 is 4.96. The Morgan fingerprint density at radius 1 is 1.47 bits per heavy atom. The van der Waals surface area contributed by atoms with Crippen molar-refractivity contribution in [1.29, 1.82) is 0 Å². The minimum Gasteiger partial charge on any atom is -0.370 e. The van der Waals surface area contributed by atoms with E-state index in [9.17, 15) is 9.59 Å². The lowest BCUT2D eigenvalue weighted by Crippen LogP contribution is -2.39. The number of nitrogens with two attached hydrogens (primary N) is 1. The van der Waals surface area contributed by atoms with E-state index in [0.717, 1.165) is 0 Å². The molecular formula is C9H19N3O3. The van der Waals surface area contributed by atoms with Crippen LogP contribution in [0.25, 0.3) is 0 Å². The van der Waals surface area contributed by atoms with Crippen LogP contribution in [0.4, 0.5) is 0 Å². The molecule has 0 aromatic heterocycles. The number of carbonyl (C=O) groups is 2. The van der Waals surface area contributed by atoms with Crippen LogP contribution in [-0.4, -0.2) is 56.6 Å². The first-order valence-corrected chi connectivity index (χ1v) is 4.90. The standard InChI is InChI=1S/C9H19N3O3/c1-3-11-8(13)6-12(2)9(14)7-15-5-4-10/h3-7,10H2,1-2H3,(H,11,13). The van der Waals surface area contributed by atoms with E-state index in [2.05, 4.69) is 5.32 Å². The number of ether oxygens (including phenoxy) is 1. The van der Waals surface area contributed by atoms with E-state index in [1.54, 1.807) is 7.05 Å². The summed E-state index contributed by atoms with van der Waals surface area (Å²) in [5, 5.41) is 2.60. The molecule has 0 aliphatic rings. The first-order valence-electron chi connectivity index (χ1n) is 4.90. The molecule has 0 spiro atoms. The molecule has 0 aromatic rings. The highest BCUT2D eigenvalue weighted by molar-refractivity contribution is 5.85. The lowest BCUT2D eigenvalue weighted by atomic mass is 10.4. The minimum absolute atomic E-state index is 0.0346. The summed E-state index contributed by atoms with van der Waals surface area (Å²) >= 11 is 0. The Morgan fingerprint density at radius 3 is 2.67 bits per heavy atom. The zero-order valence-electron chi connectivity index (χ0n) is 9.28. The van der Waals surface area contributed by atoms with Crippen LogP contribution in [-0.2, 0) is 14.3 Å². The van der Waals surface area contributed by atoms with Crippen molar-refractivity contribution < 1.29 is 14.3 Å². The SMILES string of the molecule is CCNC(=O)CN(C)C(=O)COCCN. The van der Waals surface area contributed by atoms with Gasteiger partial charge >= 0.3 is 0 Å². The Hall–Kier alpha value is -1.14. The molecule has 0 aliphatic carbocycles. The Morgan fingerprint density at radius 2 is 2.13 bits per heavy atom. The molecule has 15 heavy (non-hydrogen) atoms. The third-order valence-corrected chi connectivity index (χ3v) is 1.67. The second-order valence-corrected chi connectivity index (χ2v) is 3.04. The van der Waals surface area contributed by atoms with E-state index in [1.807, 2.05) is 6.92 Å². The number of nitrogens with zero attached hydrogens (tertiary/aromatic N) is 1. The van der Waals surface area contributed by atoms with Crippen LogP contribution in [0, 0.1) is 0 Å². The number of hydrogen-bond donors (Lipinski definition) is 2. The van der Waals surface area contributed by atoms with Crippen LogP contribution < -0.4 is 11.1 Å². The third kappa shape index (κ3) is 6.87. The van der Waals surface area contributed by atoms with Crippen LogP contribution in [0.3, 0.4) is 0 Å². The number of amides is 2. The summed E-state index contributed by atoms with van der Waals surface area (Å²) in [4.78, 5) is 23.8. The zero-order chi connectivity index (χ0) is 11.7. The molecule has 0 aliphatic heterocycles. The van der Waals surface area contributed by atoms with Crippen molar-refractivity contribution in [2.45, 2.75) is 6.92 Å². The van der Waals surface area contributed by atoms with Crippen LogP contribution in [0.15, 0.2) is 0 Å². The van der Waals surface area contributed by atoms with Gasteiger partial charge in [-0.3, -0.25) is 9.59 Å². The predicted molar refractivity (Wildman–Crippen MR) is 56.2 cm³/mol. The van der Waals surface area contributed by atoms with Gasteiger partial charge in [-0.05, 0) is 6.92 Å². The largest absolute Gasteiger partial charge is 0.370 e. The summed E-state index contributed by atoms with van der Waals surface area (Å²) in [6.07, 6.45) is 0. The van der Waals surface area contributed by atoms with Gasteiger partial charge in [0, 0.05) is 20.1 Å². The van der Waals surface area contributed by atoms with Gasteiger partial charge in [-0.2, -0.15) is 0 Å². The van der Waals surface area contributed by atoms with Crippen molar-refractivity contribution in [1.82, 2.24) is 10.2 Å². The molecule has 2 amide bonds. The Kier molecular flexibility index (Phi) is 7.57. The third-order valence-electron chi connectivity index (χ3n) is 1.67. The van der Waals surface area contributed by atoms with Crippen molar-refractivity contribution in [3.8, 4) is 0 Å². The van der Waals surface area contributed by atoms with E-state index in [4.69, 9.17) is 10.5 Å². The molecule has 0 unspecified atom stereocenters. The molecule has 0 aromatic carbocycles. The molecular weight excluding hydrogens is 198 g/mol. The molecule has 6 nitrogen and oxygen atoms in total. The number of carbonyl (C=O) groups excluding carboxylic acids is 2. The van der Waals surface area contributed by atoms with E-state index >= 15 is 0 Å². The highest BCUT2D eigenvalue weighted by atomic mass is 16.5. The highest BCUT2D eigenvalue weighted by Gasteiger charge is 2.11. The molecule has 0 atom stereocenters. The molecule has 0 rings (SSSR count). The number of hydrogen-bond acceptors (Lipinski definition) is 4. The van der Waals surface area contributed by atoms with E-state index in [0.29, 0.717) is 19.7 Å². The first-order chi connectivity index (χ1) is 7.11. The van der Waals surface area contributed by atoms with Crippen molar-refractivity contribution >= 4 is 11.8 Å². The van der Waals surface area contributed by atoms with Gasteiger partial charge in [-0.1, -0.05) is 0 Å². The van der Waals surface area contributed by atoms with Gasteiger partial charge in [0.05, 0.1) is 13.2 Å². The number of likely N-dealkylation sites (N-methyl/N-ethyl adjacent to an activating group) is 2. The predicted octanol–water partition coefficient (Wildman–Crippen LogP) is -1.44. The van der Waals surface area contributed by atoms with Gasteiger partial charge in [0.15, 0.2) is 0 Å². The summed E-state index contributed by atoms with van der Waals surface area (Å²) in [7, 11) is 1.56. The van der Waals surface area contributed by atoms with Crippen molar-refractivity contribution in [2.24, 2.45) is 5.73 Å². The monoisotopic (exact) mass is 217 g/mol. The van der Waals surface area contributed by atoms with Crippen LogP contribution >= 0.6 is 0 Å². The van der Waals surface area contributed by atoms with Gasteiger partial charge in [-0.25, -0.2) is 0 Å². The maximum absolute atomic E-state index is 11.3. The van der Waals surface area contributed by atoms with E-state index in [-0.39, 0.29) is 25.0 Å². The van der Waals surface area contributed by atoms with Crippen molar-refractivity contribution in [3.05, 3.63) is 0 Å². The smallest absolute Gasteiger partial charge is 0.248 e. The van der Waals surface area contributed by atoms with Crippen LogP contribution in [0.2, 0.25) is 0 Å². The van der Waals surface area contributed by atoms with Crippen molar-refractivity contribution in [3.63, 3.8) is 0 Å². The molecule has 0 radical (unpaired) electrons. The molecule has 0 fully saturated rings. The molecule has 3 N–H and O–H groups in total. The lowest BCUT2D eigenvalue weighted by Gasteiger charge is -2.16. The molecule has 88 valence electrons. The van der Waals surface area contributed by atoms with Gasteiger partial charge in [-0.15, -0.1) is 0 Å². The Labute approximate surface area is 89.7 Å².